The second-order valence-corrected chi connectivity index (χ2v) is 8.07. The van der Waals surface area contributed by atoms with Crippen molar-refractivity contribution in [3.05, 3.63) is 34.9 Å². The zero-order valence-corrected chi connectivity index (χ0v) is 17.2. The lowest BCUT2D eigenvalue weighted by Crippen LogP contribution is -2.49. The highest BCUT2D eigenvalue weighted by molar-refractivity contribution is 5.68. The van der Waals surface area contributed by atoms with Gasteiger partial charge in [0, 0.05) is 39.3 Å². The lowest BCUT2D eigenvalue weighted by molar-refractivity contribution is -0.200. The molecule has 0 spiro atoms. The molecule has 1 amide bonds. The van der Waals surface area contributed by atoms with Crippen molar-refractivity contribution >= 4 is 6.09 Å². The number of ether oxygens (including phenoxy) is 1. The van der Waals surface area contributed by atoms with Crippen LogP contribution in [0.3, 0.4) is 0 Å². The molecule has 0 aliphatic carbocycles. The number of likely N-dealkylation sites (tertiary alicyclic amines) is 1. The van der Waals surface area contributed by atoms with Crippen molar-refractivity contribution in [3.63, 3.8) is 0 Å². The molecule has 0 radical (unpaired) electrons. The molecule has 0 aromatic heterocycles. The van der Waals surface area contributed by atoms with Gasteiger partial charge >= 0.3 is 12.3 Å². The summed E-state index contributed by atoms with van der Waals surface area (Å²) in [5.41, 5.74) is 3.83. The predicted molar refractivity (Wildman–Crippen MR) is 105 cm³/mol. The molecule has 1 aromatic carbocycles. The number of hydrogen-bond donors (Lipinski definition) is 0. The molecule has 0 saturated carbocycles. The Hall–Kier alpha value is -1.80. The number of hydrogen-bond acceptors (Lipinski definition) is 4. The molecule has 1 aromatic rings. The zero-order chi connectivity index (χ0) is 21.0. The number of amides is 1. The van der Waals surface area contributed by atoms with E-state index in [9.17, 15) is 18.0 Å². The quantitative estimate of drug-likeness (QED) is 0.736. The van der Waals surface area contributed by atoms with E-state index in [0.717, 1.165) is 20.0 Å². The fourth-order valence-corrected chi connectivity index (χ4v) is 3.85. The van der Waals surface area contributed by atoms with E-state index in [1.54, 1.807) is 0 Å². The van der Waals surface area contributed by atoms with Gasteiger partial charge in [0.05, 0.1) is 0 Å². The Morgan fingerprint density at radius 3 is 2.24 bits per heavy atom. The van der Waals surface area contributed by atoms with Gasteiger partial charge in [-0.1, -0.05) is 18.2 Å². The number of halogens is 3. The van der Waals surface area contributed by atoms with Crippen LogP contribution in [-0.4, -0.2) is 72.3 Å². The Bertz CT molecular complexity index is 697. The van der Waals surface area contributed by atoms with Crippen LogP contribution in [0.1, 0.15) is 36.5 Å². The SMILES string of the molecule is Cc1cc(CN2CCCC2)ccc1CN1CCN(C(=O)OC(C)C(F)(F)F)CC1. The number of rotatable bonds is 5. The lowest BCUT2D eigenvalue weighted by atomic mass is 10.0. The van der Waals surface area contributed by atoms with E-state index < -0.39 is 18.4 Å². The van der Waals surface area contributed by atoms with Crippen LogP contribution in [0, 0.1) is 6.92 Å². The van der Waals surface area contributed by atoms with Crippen LogP contribution < -0.4 is 0 Å². The maximum absolute atomic E-state index is 12.6. The molecule has 1 unspecified atom stereocenters. The second kappa shape index (κ2) is 9.34. The average molecular weight is 413 g/mol. The minimum atomic E-state index is -4.53. The number of carbonyl (C=O) groups excluding carboxylic acids is 1. The summed E-state index contributed by atoms with van der Waals surface area (Å²) in [4.78, 5) is 18.0. The van der Waals surface area contributed by atoms with Crippen molar-refractivity contribution in [2.75, 3.05) is 39.3 Å². The third kappa shape index (κ3) is 6.09. The zero-order valence-electron chi connectivity index (χ0n) is 17.2. The van der Waals surface area contributed by atoms with E-state index in [4.69, 9.17) is 0 Å². The van der Waals surface area contributed by atoms with E-state index in [1.165, 1.54) is 47.5 Å². The minimum Gasteiger partial charge on any atom is -0.437 e. The standard InChI is InChI=1S/C21H30F3N3O2/c1-16-13-18(14-25-7-3-4-8-25)5-6-19(16)15-26-9-11-27(12-10-26)20(28)29-17(2)21(22,23)24/h5-6,13,17H,3-4,7-12,14-15H2,1-2H3. The first-order valence-electron chi connectivity index (χ1n) is 10.3. The first-order chi connectivity index (χ1) is 13.7. The molecule has 1 atom stereocenters. The summed E-state index contributed by atoms with van der Waals surface area (Å²) in [5, 5.41) is 0. The lowest BCUT2D eigenvalue weighted by Gasteiger charge is -2.35. The fraction of sp³-hybridized carbons (Fsp3) is 0.667. The molecule has 2 saturated heterocycles. The molecule has 2 aliphatic rings. The van der Waals surface area contributed by atoms with Gasteiger partial charge in [0.1, 0.15) is 0 Å². The van der Waals surface area contributed by atoms with Gasteiger partial charge < -0.3 is 9.64 Å². The van der Waals surface area contributed by atoms with Crippen molar-refractivity contribution in [1.82, 2.24) is 14.7 Å². The smallest absolute Gasteiger partial charge is 0.425 e. The van der Waals surface area contributed by atoms with Crippen LogP contribution >= 0.6 is 0 Å². The molecule has 0 bridgehead atoms. The van der Waals surface area contributed by atoms with Gasteiger partial charge in [-0.3, -0.25) is 9.80 Å². The van der Waals surface area contributed by atoms with E-state index in [2.05, 4.69) is 39.7 Å². The summed E-state index contributed by atoms with van der Waals surface area (Å²) < 4.78 is 42.2. The van der Waals surface area contributed by atoms with Gasteiger partial charge in [0.15, 0.2) is 6.10 Å². The van der Waals surface area contributed by atoms with E-state index >= 15 is 0 Å². The van der Waals surface area contributed by atoms with Crippen LogP contribution in [0.25, 0.3) is 0 Å². The topological polar surface area (TPSA) is 36.0 Å². The number of piperazine rings is 1. The van der Waals surface area contributed by atoms with Gasteiger partial charge in [-0.2, -0.15) is 13.2 Å². The van der Waals surface area contributed by atoms with Crippen LogP contribution in [0.4, 0.5) is 18.0 Å². The Labute approximate surface area is 170 Å². The largest absolute Gasteiger partial charge is 0.437 e. The van der Waals surface area contributed by atoms with Crippen molar-refractivity contribution < 1.29 is 22.7 Å². The Morgan fingerprint density at radius 2 is 1.66 bits per heavy atom. The molecule has 2 aliphatic heterocycles. The maximum Gasteiger partial charge on any atom is 0.425 e. The molecule has 8 heteroatoms. The highest BCUT2D eigenvalue weighted by Crippen LogP contribution is 2.23. The summed E-state index contributed by atoms with van der Waals surface area (Å²) in [6.45, 7) is 9.07. The third-order valence-corrected chi connectivity index (χ3v) is 5.77. The summed E-state index contributed by atoms with van der Waals surface area (Å²) in [6, 6.07) is 6.61. The summed E-state index contributed by atoms with van der Waals surface area (Å²) in [7, 11) is 0. The Balaban J connectivity index is 1.47. The average Bonchev–Trinajstić information content (AvgIpc) is 3.16. The highest BCUT2D eigenvalue weighted by atomic mass is 19.4. The summed E-state index contributed by atoms with van der Waals surface area (Å²) in [5.74, 6) is 0. The molecule has 29 heavy (non-hydrogen) atoms. The third-order valence-electron chi connectivity index (χ3n) is 5.77. The first-order valence-corrected chi connectivity index (χ1v) is 10.3. The molecule has 2 heterocycles. The molecule has 3 rings (SSSR count). The van der Waals surface area contributed by atoms with Gasteiger partial charge in [-0.05, 0) is 56.5 Å². The van der Waals surface area contributed by atoms with E-state index in [1.807, 2.05) is 0 Å². The van der Waals surface area contributed by atoms with Gasteiger partial charge in [-0.25, -0.2) is 4.79 Å². The van der Waals surface area contributed by atoms with Crippen LogP contribution in [-0.2, 0) is 17.8 Å². The van der Waals surface area contributed by atoms with Gasteiger partial charge in [-0.15, -0.1) is 0 Å². The normalized spacial score (nSPS) is 20.1. The fourth-order valence-electron chi connectivity index (χ4n) is 3.85. The van der Waals surface area contributed by atoms with Crippen LogP contribution in [0.5, 0.6) is 0 Å². The monoisotopic (exact) mass is 413 g/mol. The van der Waals surface area contributed by atoms with E-state index in [0.29, 0.717) is 26.2 Å². The van der Waals surface area contributed by atoms with Crippen molar-refractivity contribution in [2.24, 2.45) is 0 Å². The predicted octanol–water partition coefficient (Wildman–Crippen LogP) is 3.80. The highest BCUT2D eigenvalue weighted by Gasteiger charge is 2.40. The molecule has 2 fully saturated rings. The van der Waals surface area contributed by atoms with Crippen molar-refractivity contribution in [1.29, 1.82) is 0 Å². The van der Waals surface area contributed by atoms with Crippen molar-refractivity contribution in [2.45, 2.75) is 52.1 Å². The Kier molecular flexibility index (Phi) is 7.05. The minimum absolute atomic E-state index is 0.371. The Morgan fingerprint density at radius 1 is 1.03 bits per heavy atom. The number of carbonyl (C=O) groups is 1. The molecule has 162 valence electrons. The summed E-state index contributed by atoms with van der Waals surface area (Å²) >= 11 is 0. The first kappa shape index (κ1) is 21.9. The second-order valence-electron chi connectivity index (χ2n) is 8.07. The number of aryl methyl sites for hydroxylation is 1. The number of nitrogens with zero attached hydrogens (tertiary/aromatic N) is 3. The van der Waals surface area contributed by atoms with E-state index in [-0.39, 0.29) is 0 Å². The number of benzene rings is 1. The maximum atomic E-state index is 12.6. The van der Waals surface area contributed by atoms with Crippen LogP contribution in [0.15, 0.2) is 18.2 Å². The molecule has 5 nitrogen and oxygen atoms in total. The summed E-state index contributed by atoms with van der Waals surface area (Å²) in [6.07, 6.45) is -4.94. The number of alkyl halides is 3. The van der Waals surface area contributed by atoms with Crippen LogP contribution in [0.2, 0.25) is 0 Å². The molecular formula is C21H30F3N3O2. The van der Waals surface area contributed by atoms with Crippen molar-refractivity contribution in [3.8, 4) is 0 Å². The molecular weight excluding hydrogens is 383 g/mol. The van der Waals surface area contributed by atoms with Gasteiger partial charge in [0.25, 0.3) is 0 Å². The van der Waals surface area contributed by atoms with Gasteiger partial charge in [0.2, 0.25) is 0 Å². The molecule has 0 N–H and O–H groups in total.